The van der Waals surface area contributed by atoms with E-state index >= 15 is 0 Å². The molecule has 3 aromatic heterocycles. The fraction of sp³-hybridized carbons (Fsp3) is 0.350. The zero-order chi connectivity index (χ0) is 20.1. The first-order valence-electron chi connectivity index (χ1n) is 9.41. The number of aryl methyl sites for hydroxylation is 1. The summed E-state index contributed by atoms with van der Waals surface area (Å²) in [4.78, 5) is 34.9. The molecule has 1 unspecified atom stereocenters. The van der Waals surface area contributed by atoms with Crippen molar-refractivity contribution >= 4 is 11.5 Å². The quantitative estimate of drug-likeness (QED) is 0.645. The van der Waals surface area contributed by atoms with E-state index in [2.05, 4.69) is 30.0 Å². The molecule has 1 amide bonds. The monoisotopic (exact) mass is 389 g/mol. The van der Waals surface area contributed by atoms with Crippen LogP contribution in [0.25, 0.3) is 17.0 Å². The fourth-order valence-electron chi connectivity index (χ4n) is 3.76. The van der Waals surface area contributed by atoms with Gasteiger partial charge in [-0.15, -0.1) is 0 Å². The Bertz CT molecular complexity index is 1260. The third-order valence-corrected chi connectivity index (χ3v) is 5.37. The summed E-state index contributed by atoms with van der Waals surface area (Å²) in [6, 6.07) is 0. The van der Waals surface area contributed by atoms with Crippen LogP contribution in [-0.4, -0.2) is 42.7 Å². The van der Waals surface area contributed by atoms with E-state index in [9.17, 15) is 4.79 Å². The molecule has 0 bridgehead atoms. The molecule has 2 aliphatic rings. The minimum atomic E-state index is -0.470. The van der Waals surface area contributed by atoms with Gasteiger partial charge in [-0.2, -0.15) is 10.1 Å². The van der Waals surface area contributed by atoms with Crippen molar-refractivity contribution in [3.63, 3.8) is 0 Å². The van der Waals surface area contributed by atoms with E-state index in [4.69, 9.17) is 4.74 Å². The summed E-state index contributed by atoms with van der Waals surface area (Å²) in [7, 11) is 3.38. The summed E-state index contributed by atoms with van der Waals surface area (Å²) in [5.74, 6) is 0.488. The second-order valence-corrected chi connectivity index (χ2v) is 7.36. The zero-order valence-corrected chi connectivity index (χ0v) is 16.3. The summed E-state index contributed by atoms with van der Waals surface area (Å²) in [6.45, 7) is 1.91. The molecule has 0 spiro atoms. The van der Waals surface area contributed by atoms with Crippen molar-refractivity contribution in [2.24, 2.45) is 12.0 Å². The van der Waals surface area contributed by atoms with E-state index in [1.807, 2.05) is 20.2 Å². The maximum absolute atomic E-state index is 12.8. The van der Waals surface area contributed by atoms with Crippen molar-refractivity contribution in [1.82, 2.24) is 29.7 Å². The molecule has 3 aromatic rings. The number of nitrogens with zero attached hydrogens (tertiary/aromatic N) is 7. The Kier molecular flexibility index (Phi) is 3.97. The van der Waals surface area contributed by atoms with Crippen LogP contribution < -0.4 is 15.4 Å². The van der Waals surface area contributed by atoms with Crippen molar-refractivity contribution in [3.05, 3.63) is 46.9 Å². The molecule has 1 aliphatic carbocycles. The predicted octanol–water partition coefficient (Wildman–Crippen LogP) is 0.667. The Balaban J connectivity index is 1.68. The maximum atomic E-state index is 12.8. The highest BCUT2D eigenvalue weighted by Gasteiger charge is 2.32. The minimum Gasteiger partial charge on any atom is -0.480 e. The zero-order valence-electron chi connectivity index (χ0n) is 16.3. The predicted molar refractivity (Wildman–Crippen MR) is 102 cm³/mol. The van der Waals surface area contributed by atoms with Crippen molar-refractivity contribution in [2.75, 3.05) is 7.11 Å². The van der Waals surface area contributed by atoms with E-state index in [1.165, 1.54) is 6.33 Å². The molecule has 0 saturated heterocycles. The highest BCUT2D eigenvalue weighted by atomic mass is 16.5. The standard InChI is InChI=1S/C20H19N7O2/c1-10-13-7-21-18(15-16(11-4-5-11)22-9-23-20(15)29-3)25-17(13)26-19(28)14(10)12-6-24-27(2)8-12/h6-9,11,14H,4-5H2,1-3H3. The number of hydrogen-bond donors (Lipinski definition) is 0. The molecule has 1 fully saturated rings. The molecule has 0 N–H and O–H groups in total. The van der Waals surface area contributed by atoms with Gasteiger partial charge in [0.2, 0.25) is 5.88 Å². The van der Waals surface area contributed by atoms with Crippen molar-refractivity contribution in [3.8, 4) is 17.3 Å². The lowest BCUT2D eigenvalue weighted by molar-refractivity contribution is -0.118. The van der Waals surface area contributed by atoms with Gasteiger partial charge >= 0.3 is 0 Å². The number of ether oxygens (including phenoxy) is 1. The number of methoxy groups -OCH3 is 1. The lowest BCUT2D eigenvalue weighted by Crippen LogP contribution is -2.39. The number of carbonyl (C=O) groups is 1. The summed E-state index contributed by atoms with van der Waals surface area (Å²) in [5.41, 5.74) is 3.59. The van der Waals surface area contributed by atoms with Crippen LogP contribution in [0.2, 0.25) is 0 Å². The Labute approximate surface area is 166 Å². The average Bonchev–Trinajstić information content (AvgIpc) is 3.48. The van der Waals surface area contributed by atoms with Gasteiger partial charge in [-0.05, 0) is 25.3 Å². The molecule has 4 heterocycles. The molecule has 0 aromatic carbocycles. The van der Waals surface area contributed by atoms with Gasteiger partial charge in [0.05, 0.1) is 24.9 Å². The topological polar surface area (TPSA) is 108 Å². The van der Waals surface area contributed by atoms with Crippen LogP contribution in [-0.2, 0) is 11.8 Å². The summed E-state index contributed by atoms with van der Waals surface area (Å²) < 4.78 is 7.11. The number of rotatable bonds is 4. The van der Waals surface area contributed by atoms with E-state index in [-0.39, 0.29) is 5.91 Å². The Morgan fingerprint density at radius 3 is 2.69 bits per heavy atom. The molecule has 29 heavy (non-hydrogen) atoms. The van der Waals surface area contributed by atoms with Crippen LogP contribution in [0.5, 0.6) is 5.88 Å². The average molecular weight is 389 g/mol. The minimum absolute atomic E-state index is 0.258. The van der Waals surface area contributed by atoms with Gasteiger partial charge in [0.1, 0.15) is 11.9 Å². The summed E-state index contributed by atoms with van der Waals surface area (Å²) >= 11 is 0. The van der Waals surface area contributed by atoms with Gasteiger partial charge in [0.25, 0.3) is 5.91 Å². The number of hydrogen-bond acceptors (Lipinski definition) is 7. The van der Waals surface area contributed by atoms with Gasteiger partial charge in [0, 0.05) is 36.1 Å². The third-order valence-electron chi connectivity index (χ3n) is 5.37. The van der Waals surface area contributed by atoms with E-state index in [0.717, 1.165) is 34.9 Å². The Morgan fingerprint density at radius 2 is 2.00 bits per heavy atom. The van der Waals surface area contributed by atoms with E-state index in [0.29, 0.717) is 28.7 Å². The van der Waals surface area contributed by atoms with Crippen LogP contribution in [0.3, 0.4) is 0 Å². The molecule has 1 saturated carbocycles. The Hall–Kier alpha value is -3.49. The lowest BCUT2D eigenvalue weighted by Gasteiger charge is -2.16. The normalized spacial score (nSPS) is 18.4. The van der Waals surface area contributed by atoms with E-state index in [1.54, 1.807) is 24.2 Å². The van der Waals surface area contributed by atoms with Gasteiger partial charge < -0.3 is 4.74 Å². The van der Waals surface area contributed by atoms with Crippen LogP contribution in [0.4, 0.5) is 0 Å². The molecule has 146 valence electrons. The third kappa shape index (κ3) is 2.89. The number of carbonyl (C=O) groups excluding carboxylic acids is 1. The van der Waals surface area contributed by atoms with Gasteiger partial charge in [-0.25, -0.2) is 19.9 Å². The fourth-order valence-corrected chi connectivity index (χ4v) is 3.76. The summed E-state index contributed by atoms with van der Waals surface area (Å²) in [6.07, 6.45) is 8.88. The maximum Gasteiger partial charge on any atom is 0.259 e. The van der Waals surface area contributed by atoms with Crippen LogP contribution in [0.1, 0.15) is 42.9 Å². The molecule has 0 radical (unpaired) electrons. The van der Waals surface area contributed by atoms with Crippen LogP contribution in [0, 0.1) is 0 Å². The first-order valence-corrected chi connectivity index (χ1v) is 9.41. The highest BCUT2D eigenvalue weighted by molar-refractivity contribution is 5.94. The van der Waals surface area contributed by atoms with E-state index < -0.39 is 5.92 Å². The lowest BCUT2D eigenvalue weighted by atomic mass is 9.91. The molecule has 9 nitrogen and oxygen atoms in total. The van der Waals surface area contributed by atoms with Gasteiger partial charge in [-0.3, -0.25) is 9.48 Å². The van der Waals surface area contributed by atoms with Crippen LogP contribution >= 0.6 is 0 Å². The molecule has 1 atom stereocenters. The number of aromatic nitrogens is 6. The number of amides is 1. The smallest absolute Gasteiger partial charge is 0.259 e. The van der Waals surface area contributed by atoms with Gasteiger partial charge in [0.15, 0.2) is 11.3 Å². The van der Waals surface area contributed by atoms with Crippen molar-refractivity contribution < 1.29 is 9.53 Å². The molecule has 9 heteroatoms. The molecule has 1 aliphatic heterocycles. The molecular weight excluding hydrogens is 370 g/mol. The van der Waals surface area contributed by atoms with Gasteiger partial charge in [-0.1, -0.05) is 0 Å². The second kappa shape index (κ2) is 6.54. The first-order chi connectivity index (χ1) is 14.1. The SMILES string of the molecule is COc1ncnc(C2CC2)c1-c1ncc2c(n1)=NC(=O)C(c1cnn(C)c1)C=2C. The largest absolute Gasteiger partial charge is 0.480 e. The second-order valence-electron chi connectivity index (χ2n) is 7.36. The Morgan fingerprint density at radius 1 is 1.17 bits per heavy atom. The van der Waals surface area contributed by atoms with Crippen LogP contribution in [0.15, 0.2) is 29.9 Å². The number of fused-ring (bicyclic) bond motifs is 1. The highest BCUT2D eigenvalue weighted by Crippen LogP contribution is 2.44. The van der Waals surface area contributed by atoms with Crippen molar-refractivity contribution in [1.29, 1.82) is 0 Å². The first kappa shape index (κ1) is 17.6. The molecular formula is C20H19N7O2. The molecule has 5 rings (SSSR count). The summed E-state index contributed by atoms with van der Waals surface area (Å²) in [5, 5.41) is 4.93. The van der Waals surface area contributed by atoms with Crippen molar-refractivity contribution in [2.45, 2.75) is 31.6 Å².